The maximum Gasteiger partial charge on any atom is 0.416 e. The number of carbonyl (C=O) groups is 1. The van der Waals surface area contributed by atoms with E-state index in [1.807, 2.05) is 26.8 Å². The molecule has 1 aliphatic carbocycles. The molecule has 1 aromatic carbocycles. The zero-order valence-corrected chi connectivity index (χ0v) is 21.1. The van der Waals surface area contributed by atoms with Gasteiger partial charge in [-0.15, -0.1) is 0 Å². The van der Waals surface area contributed by atoms with Gasteiger partial charge in [-0.1, -0.05) is 44.2 Å². The minimum Gasteiger partial charge on any atom is -0.493 e. The van der Waals surface area contributed by atoms with Crippen LogP contribution in [0.3, 0.4) is 0 Å². The van der Waals surface area contributed by atoms with E-state index in [1.54, 1.807) is 0 Å². The molecule has 1 aliphatic rings. The van der Waals surface area contributed by atoms with Crippen molar-refractivity contribution in [2.75, 3.05) is 6.61 Å². The predicted molar refractivity (Wildman–Crippen MR) is 131 cm³/mol. The molecule has 2 rings (SSSR count). The summed E-state index contributed by atoms with van der Waals surface area (Å²) in [5, 5.41) is 10.6. The van der Waals surface area contributed by atoms with Crippen LogP contribution in [0.15, 0.2) is 48.6 Å². The smallest absolute Gasteiger partial charge is 0.416 e. The van der Waals surface area contributed by atoms with E-state index < -0.39 is 11.7 Å². The van der Waals surface area contributed by atoms with Crippen molar-refractivity contribution in [3.63, 3.8) is 0 Å². The van der Waals surface area contributed by atoms with Gasteiger partial charge in [0.1, 0.15) is 5.75 Å². The van der Waals surface area contributed by atoms with Gasteiger partial charge in [0.2, 0.25) is 0 Å². The van der Waals surface area contributed by atoms with Crippen LogP contribution < -0.4 is 4.74 Å². The quantitative estimate of drug-likeness (QED) is 0.193. The Balaban J connectivity index is 1.82. The Morgan fingerprint density at radius 1 is 1.23 bits per heavy atom. The standard InChI is InChI=1S/C28H39F3O4/c1-19(2)35-27(33)13-8-6-5-7-12-25-24(21(4)16-26(25)32)15-14-20(3)18-34-23-11-9-10-22(17-23)28(29,30)31/h5,7,9-11,14-15,17,19-21,24-26,32H,6,8,12-13,16,18H2,1-4H3/b7-5-,15-14+/t20?,21-,24+,25-,26+/m1/s1. The molecule has 0 spiro atoms. The van der Waals surface area contributed by atoms with Gasteiger partial charge >= 0.3 is 12.1 Å². The van der Waals surface area contributed by atoms with Crippen LogP contribution in [0.2, 0.25) is 0 Å². The van der Waals surface area contributed by atoms with Crippen molar-refractivity contribution in [1.82, 2.24) is 0 Å². The molecular weight excluding hydrogens is 457 g/mol. The second-order valence-corrected chi connectivity index (χ2v) is 9.86. The molecule has 35 heavy (non-hydrogen) atoms. The van der Waals surface area contributed by atoms with E-state index in [2.05, 4.69) is 25.2 Å². The molecule has 0 aromatic heterocycles. The number of unbranched alkanes of at least 4 members (excludes halogenated alkanes) is 1. The number of aliphatic hydroxyl groups is 1. The van der Waals surface area contributed by atoms with Gasteiger partial charge < -0.3 is 14.6 Å². The number of alkyl halides is 3. The van der Waals surface area contributed by atoms with Crippen LogP contribution in [0, 0.1) is 23.7 Å². The number of esters is 1. The molecule has 7 heteroatoms. The van der Waals surface area contributed by atoms with Crippen molar-refractivity contribution in [2.45, 2.75) is 78.2 Å². The van der Waals surface area contributed by atoms with Crippen molar-refractivity contribution in [3.8, 4) is 5.75 Å². The summed E-state index contributed by atoms with van der Waals surface area (Å²) in [6, 6.07) is 4.91. The van der Waals surface area contributed by atoms with Gasteiger partial charge in [0.25, 0.3) is 0 Å². The maximum absolute atomic E-state index is 12.9. The zero-order chi connectivity index (χ0) is 26.0. The molecule has 196 valence electrons. The van der Waals surface area contributed by atoms with Crippen LogP contribution in [0.5, 0.6) is 5.75 Å². The van der Waals surface area contributed by atoms with Crippen LogP contribution in [-0.4, -0.2) is 29.9 Å². The summed E-state index contributed by atoms with van der Waals surface area (Å²) in [5.74, 6) is 0.694. The van der Waals surface area contributed by atoms with E-state index in [0.29, 0.717) is 12.3 Å². The fraction of sp³-hybridized carbons (Fsp3) is 0.607. The number of aliphatic hydroxyl groups excluding tert-OH is 1. The molecule has 1 unspecified atom stereocenters. The fourth-order valence-corrected chi connectivity index (χ4v) is 4.46. The van der Waals surface area contributed by atoms with E-state index >= 15 is 0 Å². The predicted octanol–water partition coefficient (Wildman–Crippen LogP) is 6.98. The van der Waals surface area contributed by atoms with Gasteiger partial charge in [-0.05, 0) is 75.5 Å². The van der Waals surface area contributed by atoms with Crippen LogP contribution in [0.4, 0.5) is 13.2 Å². The van der Waals surface area contributed by atoms with Crippen molar-refractivity contribution in [1.29, 1.82) is 0 Å². The topological polar surface area (TPSA) is 55.8 Å². The minimum absolute atomic E-state index is 0.0104. The highest BCUT2D eigenvalue weighted by molar-refractivity contribution is 5.69. The van der Waals surface area contributed by atoms with Crippen LogP contribution in [0.25, 0.3) is 0 Å². The second-order valence-electron chi connectivity index (χ2n) is 9.86. The number of benzene rings is 1. The first-order valence-electron chi connectivity index (χ1n) is 12.5. The van der Waals surface area contributed by atoms with E-state index in [4.69, 9.17) is 9.47 Å². The molecule has 1 fully saturated rings. The molecule has 5 atom stereocenters. The summed E-state index contributed by atoms with van der Waals surface area (Å²) in [6.45, 7) is 8.03. The van der Waals surface area contributed by atoms with Gasteiger partial charge in [-0.3, -0.25) is 4.79 Å². The van der Waals surface area contributed by atoms with Crippen molar-refractivity contribution < 1.29 is 32.5 Å². The van der Waals surface area contributed by atoms with E-state index in [9.17, 15) is 23.1 Å². The summed E-state index contributed by atoms with van der Waals surface area (Å²) in [4.78, 5) is 11.6. The normalized spacial score (nSPS) is 23.9. The highest BCUT2D eigenvalue weighted by Gasteiger charge is 2.37. The number of hydrogen-bond donors (Lipinski definition) is 1. The molecule has 0 aliphatic heterocycles. The van der Waals surface area contributed by atoms with Crippen LogP contribution in [0.1, 0.15) is 65.4 Å². The van der Waals surface area contributed by atoms with Crippen LogP contribution >= 0.6 is 0 Å². The highest BCUT2D eigenvalue weighted by Crippen LogP contribution is 2.40. The minimum atomic E-state index is -4.40. The average molecular weight is 497 g/mol. The first-order valence-corrected chi connectivity index (χ1v) is 12.5. The summed E-state index contributed by atoms with van der Waals surface area (Å²) in [6.07, 6.45) is 6.86. The highest BCUT2D eigenvalue weighted by atomic mass is 19.4. The molecule has 0 heterocycles. The Morgan fingerprint density at radius 3 is 2.66 bits per heavy atom. The van der Waals surface area contributed by atoms with Gasteiger partial charge in [0, 0.05) is 12.3 Å². The molecule has 0 amide bonds. The van der Waals surface area contributed by atoms with Gasteiger partial charge in [0.15, 0.2) is 0 Å². The Labute approximate surface area is 207 Å². The summed E-state index contributed by atoms with van der Waals surface area (Å²) >= 11 is 0. The SMILES string of the molecule is CC(/C=C/[C@@H]1[C@@H](C/C=C\CCCC(=O)OC(C)C)[C@@H](O)C[C@H]1C)COc1cccc(C(F)(F)F)c1. The molecule has 0 bridgehead atoms. The molecule has 1 saturated carbocycles. The van der Waals surface area contributed by atoms with Gasteiger partial charge in [0.05, 0.1) is 24.4 Å². The van der Waals surface area contributed by atoms with E-state index in [-0.39, 0.29) is 48.3 Å². The van der Waals surface area contributed by atoms with Crippen LogP contribution in [-0.2, 0) is 15.7 Å². The lowest BCUT2D eigenvalue weighted by atomic mass is 9.86. The van der Waals surface area contributed by atoms with E-state index in [1.165, 1.54) is 12.1 Å². The van der Waals surface area contributed by atoms with Crippen molar-refractivity contribution >= 4 is 5.97 Å². The summed E-state index contributed by atoms with van der Waals surface area (Å²) in [5.41, 5.74) is -0.724. The average Bonchev–Trinajstić information content (AvgIpc) is 3.04. The molecule has 0 radical (unpaired) electrons. The number of rotatable bonds is 12. The largest absolute Gasteiger partial charge is 0.493 e. The Morgan fingerprint density at radius 2 is 1.97 bits per heavy atom. The third-order valence-electron chi connectivity index (χ3n) is 6.29. The fourth-order valence-electron chi connectivity index (χ4n) is 4.46. The van der Waals surface area contributed by atoms with Crippen molar-refractivity contribution in [2.24, 2.45) is 23.7 Å². The number of halogens is 3. The number of hydrogen-bond acceptors (Lipinski definition) is 4. The molecular formula is C28H39F3O4. The van der Waals surface area contributed by atoms with Gasteiger partial charge in [-0.2, -0.15) is 13.2 Å². The summed E-state index contributed by atoms with van der Waals surface area (Å²) < 4.78 is 49.3. The lowest BCUT2D eigenvalue weighted by Crippen LogP contribution is -2.18. The lowest BCUT2D eigenvalue weighted by molar-refractivity contribution is -0.147. The Bertz CT molecular complexity index is 847. The zero-order valence-electron chi connectivity index (χ0n) is 21.1. The first-order chi connectivity index (χ1) is 16.5. The number of carbonyl (C=O) groups excluding carboxylic acids is 1. The number of allylic oxidation sites excluding steroid dienone is 3. The molecule has 1 N–H and O–H groups in total. The lowest BCUT2D eigenvalue weighted by Gasteiger charge is -2.20. The Kier molecular flexibility index (Phi) is 11.3. The van der Waals surface area contributed by atoms with Gasteiger partial charge in [-0.25, -0.2) is 0 Å². The van der Waals surface area contributed by atoms with Crippen molar-refractivity contribution in [3.05, 3.63) is 54.1 Å². The Hall–Kier alpha value is -2.28. The molecule has 1 aromatic rings. The third-order valence-corrected chi connectivity index (χ3v) is 6.29. The molecule has 0 saturated heterocycles. The number of ether oxygens (including phenoxy) is 2. The molecule has 4 nitrogen and oxygen atoms in total. The summed E-state index contributed by atoms with van der Waals surface area (Å²) in [7, 11) is 0. The third kappa shape index (κ3) is 10.1. The maximum atomic E-state index is 12.9. The second kappa shape index (κ2) is 13.7. The monoisotopic (exact) mass is 496 g/mol. The van der Waals surface area contributed by atoms with E-state index in [0.717, 1.165) is 37.8 Å². The first kappa shape index (κ1) is 29.0.